The molecule has 1 aliphatic heterocycles. The van der Waals surface area contributed by atoms with Crippen molar-refractivity contribution >= 4 is 46.6 Å². The van der Waals surface area contributed by atoms with Gasteiger partial charge in [-0.25, -0.2) is 0 Å². The van der Waals surface area contributed by atoms with Crippen LogP contribution in [0, 0.1) is 5.41 Å². The van der Waals surface area contributed by atoms with Crippen LogP contribution in [0.1, 0.15) is 26.3 Å². The van der Waals surface area contributed by atoms with E-state index in [2.05, 4.69) is 5.10 Å². The first-order valence-corrected chi connectivity index (χ1v) is 8.95. The minimum atomic E-state index is -0.405. The molecule has 1 heterocycles. The molecule has 0 fully saturated rings. The van der Waals surface area contributed by atoms with E-state index in [0.717, 1.165) is 0 Å². The molecule has 0 aromatic heterocycles. The number of nitrogens with zero attached hydrogens (tertiary/aromatic N) is 2. The van der Waals surface area contributed by atoms with Crippen molar-refractivity contribution in [1.82, 2.24) is 0 Å². The molecule has 1 aliphatic rings. The number of carbonyl (C=O) groups excluding carboxylic acids is 1. The van der Waals surface area contributed by atoms with Gasteiger partial charge in [-0.2, -0.15) is 10.1 Å². The van der Waals surface area contributed by atoms with E-state index < -0.39 is 5.41 Å². The highest BCUT2D eigenvalue weighted by Gasteiger charge is 2.37. The number of anilines is 1. The molecule has 0 aliphatic carbocycles. The summed E-state index contributed by atoms with van der Waals surface area (Å²) >= 11 is 12.1. The highest BCUT2D eigenvalue weighted by Crippen LogP contribution is 2.35. The number of phenols is 2. The molecule has 7 heteroatoms. The first-order chi connectivity index (χ1) is 12.6. The Hall–Kier alpha value is -2.50. The normalized spacial score (nSPS) is 16.2. The molecule has 0 saturated carbocycles. The van der Waals surface area contributed by atoms with Crippen LogP contribution in [0.2, 0.25) is 10.0 Å². The first-order valence-electron chi connectivity index (χ1n) is 8.20. The van der Waals surface area contributed by atoms with Crippen molar-refractivity contribution in [3.8, 4) is 11.5 Å². The summed E-state index contributed by atoms with van der Waals surface area (Å²) in [6.07, 6.45) is 1.64. The van der Waals surface area contributed by atoms with Gasteiger partial charge >= 0.3 is 0 Å². The van der Waals surface area contributed by atoms with Crippen LogP contribution in [0.3, 0.4) is 0 Å². The van der Waals surface area contributed by atoms with E-state index in [-0.39, 0.29) is 17.4 Å². The molecule has 0 bridgehead atoms. The van der Waals surface area contributed by atoms with Crippen molar-refractivity contribution in [2.24, 2.45) is 10.5 Å². The number of aromatic hydroxyl groups is 2. The SMILES string of the molecule is CC(C)(C)C1=NN(c2cc(Cl)cc(Cl)c2)C(=O)C1=Cc1ccc(O)c(O)c1. The Labute approximate surface area is 167 Å². The van der Waals surface area contributed by atoms with Crippen molar-refractivity contribution in [2.75, 3.05) is 5.01 Å². The molecule has 2 N–H and O–H groups in total. The van der Waals surface area contributed by atoms with E-state index in [0.29, 0.717) is 32.6 Å². The lowest BCUT2D eigenvalue weighted by Gasteiger charge is -2.18. The molecule has 5 nitrogen and oxygen atoms in total. The molecule has 0 radical (unpaired) electrons. The van der Waals surface area contributed by atoms with Crippen molar-refractivity contribution in [1.29, 1.82) is 0 Å². The standard InChI is InChI=1S/C20H18Cl2N2O3/c1-20(2,3)18-15(6-11-4-5-16(25)17(26)7-11)19(27)24(23-18)14-9-12(21)8-13(22)10-14/h4-10,25-26H,1-3H3. The highest BCUT2D eigenvalue weighted by atomic mass is 35.5. The summed E-state index contributed by atoms with van der Waals surface area (Å²) < 4.78 is 0. The van der Waals surface area contributed by atoms with E-state index in [1.54, 1.807) is 30.3 Å². The zero-order chi connectivity index (χ0) is 19.9. The maximum Gasteiger partial charge on any atom is 0.280 e. The van der Waals surface area contributed by atoms with Gasteiger partial charge in [-0.1, -0.05) is 50.0 Å². The summed E-state index contributed by atoms with van der Waals surface area (Å²) in [6.45, 7) is 5.86. The van der Waals surface area contributed by atoms with Gasteiger partial charge in [0.2, 0.25) is 0 Å². The van der Waals surface area contributed by atoms with Gasteiger partial charge in [-0.15, -0.1) is 0 Å². The fourth-order valence-electron chi connectivity index (χ4n) is 2.73. The zero-order valence-corrected chi connectivity index (χ0v) is 16.5. The Kier molecular flexibility index (Phi) is 4.93. The third-order valence-electron chi connectivity index (χ3n) is 3.99. The summed E-state index contributed by atoms with van der Waals surface area (Å²) in [5.74, 6) is -0.817. The molecule has 0 spiro atoms. The average molecular weight is 405 g/mol. The van der Waals surface area contributed by atoms with Crippen LogP contribution in [0.5, 0.6) is 11.5 Å². The van der Waals surface area contributed by atoms with Gasteiger partial charge in [0.15, 0.2) is 11.5 Å². The van der Waals surface area contributed by atoms with Gasteiger partial charge in [0.25, 0.3) is 5.91 Å². The second kappa shape index (κ2) is 6.91. The first kappa shape index (κ1) is 19.3. The summed E-state index contributed by atoms with van der Waals surface area (Å²) in [5.41, 5.74) is 1.62. The van der Waals surface area contributed by atoms with Crippen molar-refractivity contribution in [2.45, 2.75) is 20.8 Å². The van der Waals surface area contributed by atoms with E-state index in [4.69, 9.17) is 23.2 Å². The number of hydrogen-bond acceptors (Lipinski definition) is 4. The summed E-state index contributed by atoms with van der Waals surface area (Å²) in [6, 6.07) is 9.17. The van der Waals surface area contributed by atoms with Crippen LogP contribution in [-0.2, 0) is 4.79 Å². The summed E-state index contributed by atoms with van der Waals surface area (Å²) in [5, 5.41) is 25.8. The molecule has 3 rings (SSSR count). The number of amides is 1. The van der Waals surface area contributed by atoms with Gasteiger partial charge in [-0.05, 0) is 42.0 Å². The predicted molar refractivity (Wildman–Crippen MR) is 109 cm³/mol. The number of carbonyl (C=O) groups is 1. The molecule has 1 amide bonds. The third-order valence-corrected chi connectivity index (χ3v) is 4.43. The smallest absolute Gasteiger partial charge is 0.280 e. The molecule has 27 heavy (non-hydrogen) atoms. The zero-order valence-electron chi connectivity index (χ0n) is 15.0. The van der Waals surface area contributed by atoms with Gasteiger partial charge in [0.05, 0.1) is 17.0 Å². The second-order valence-electron chi connectivity index (χ2n) is 7.25. The van der Waals surface area contributed by atoms with Crippen LogP contribution < -0.4 is 5.01 Å². The van der Waals surface area contributed by atoms with Crippen molar-refractivity contribution in [3.05, 3.63) is 57.6 Å². The van der Waals surface area contributed by atoms with E-state index in [1.165, 1.54) is 17.1 Å². The van der Waals surface area contributed by atoms with Gasteiger partial charge in [0, 0.05) is 15.5 Å². The molecule has 2 aromatic carbocycles. The third kappa shape index (κ3) is 3.94. The molecule has 0 unspecified atom stereocenters. The molecule has 0 saturated heterocycles. The Bertz CT molecular complexity index is 971. The van der Waals surface area contributed by atoms with Crippen LogP contribution in [-0.4, -0.2) is 21.8 Å². The number of hydrogen-bond donors (Lipinski definition) is 2. The number of benzene rings is 2. The molecule has 140 valence electrons. The van der Waals surface area contributed by atoms with Crippen LogP contribution in [0.25, 0.3) is 6.08 Å². The minimum Gasteiger partial charge on any atom is -0.504 e. The fourth-order valence-corrected chi connectivity index (χ4v) is 3.25. The van der Waals surface area contributed by atoms with Crippen molar-refractivity contribution < 1.29 is 15.0 Å². The van der Waals surface area contributed by atoms with E-state index in [1.807, 2.05) is 20.8 Å². The second-order valence-corrected chi connectivity index (χ2v) is 8.12. The molecular formula is C20H18Cl2N2O3. The van der Waals surface area contributed by atoms with E-state index in [9.17, 15) is 15.0 Å². The summed E-state index contributed by atoms with van der Waals surface area (Å²) in [7, 11) is 0. The molecular weight excluding hydrogens is 387 g/mol. The van der Waals surface area contributed by atoms with Gasteiger partial charge in [0.1, 0.15) is 0 Å². The monoisotopic (exact) mass is 404 g/mol. The van der Waals surface area contributed by atoms with Gasteiger partial charge < -0.3 is 10.2 Å². The number of rotatable bonds is 2. The van der Waals surface area contributed by atoms with Crippen LogP contribution in [0.15, 0.2) is 47.1 Å². The fraction of sp³-hybridized carbons (Fsp3) is 0.200. The largest absolute Gasteiger partial charge is 0.504 e. The minimum absolute atomic E-state index is 0.227. The highest BCUT2D eigenvalue weighted by molar-refractivity contribution is 6.36. The number of hydrazone groups is 1. The Morgan fingerprint density at radius 3 is 2.19 bits per heavy atom. The summed E-state index contributed by atoms with van der Waals surface area (Å²) in [4.78, 5) is 13.1. The number of phenolic OH excluding ortho intramolecular Hbond substituents is 2. The maximum absolute atomic E-state index is 13.1. The predicted octanol–water partition coefficient (Wildman–Crippen LogP) is 5.24. The topological polar surface area (TPSA) is 73.1 Å². The lowest BCUT2D eigenvalue weighted by atomic mass is 9.85. The quantitative estimate of drug-likeness (QED) is 0.530. The Morgan fingerprint density at radius 2 is 1.63 bits per heavy atom. The van der Waals surface area contributed by atoms with Crippen LogP contribution in [0.4, 0.5) is 5.69 Å². The maximum atomic E-state index is 13.1. The molecule has 0 atom stereocenters. The van der Waals surface area contributed by atoms with E-state index >= 15 is 0 Å². The van der Waals surface area contributed by atoms with Crippen LogP contribution >= 0.6 is 23.2 Å². The Balaban J connectivity index is 2.11. The number of halogens is 2. The molecule has 2 aromatic rings. The van der Waals surface area contributed by atoms with Crippen molar-refractivity contribution in [3.63, 3.8) is 0 Å². The average Bonchev–Trinajstić information content (AvgIpc) is 2.87. The lowest BCUT2D eigenvalue weighted by molar-refractivity contribution is -0.114. The van der Waals surface area contributed by atoms with Gasteiger partial charge in [-0.3, -0.25) is 4.79 Å². The Morgan fingerprint density at radius 1 is 1.00 bits per heavy atom. The lowest BCUT2D eigenvalue weighted by Crippen LogP contribution is -2.24.